The summed E-state index contributed by atoms with van der Waals surface area (Å²) in [5.74, 6) is 0.259. The van der Waals surface area contributed by atoms with Gasteiger partial charge < -0.3 is 15.4 Å². The van der Waals surface area contributed by atoms with Crippen LogP contribution < -0.4 is 10.6 Å². The number of ether oxygens (including phenoxy) is 1. The Hall–Kier alpha value is -1.76. The molecule has 2 N–H and O–H groups in total. The van der Waals surface area contributed by atoms with Crippen LogP contribution in [0.15, 0.2) is 0 Å². The number of amides is 1. The Morgan fingerprint density at radius 2 is 1.95 bits per heavy atom. The molecule has 0 atom stereocenters. The van der Waals surface area contributed by atoms with Crippen LogP contribution in [-0.4, -0.2) is 47.9 Å². The van der Waals surface area contributed by atoms with E-state index in [0.29, 0.717) is 19.1 Å². The lowest BCUT2D eigenvalue weighted by atomic mass is 10.2. The lowest BCUT2D eigenvalue weighted by Gasteiger charge is -2.08. The van der Waals surface area contributed by atoms with Gasteiger partial charge in [-0.2, -0.15) is 5.10 Å². The summed E-state index contributed by atoms with van der Waals surface area (Å²) in [6, 6.07) is 0. The van der Waals surface area contributed by atoms with E-state index in [9.17, 15) is 4.79 Å². The van der Waals surface area contributed by atoms with E-state index >= 15 is 0 Å². The maximum absolute atomic E-state index is 11.5. The zero-order chi connectivity index (χ0) is 14.1. The minimum absolute atomic E-state index is 0.125. The van der Waals surface area contributed by atoms with Crippen LogP contribution in [0.3, 0.4) is 0 Å². The molecule has 0 bridgehead atoms. The first-order valence-electron chi connectivity index (χ1n) is 6.43. The minimum atomic E-state index is -0.127. The van der Waals surface area contributed by atoms with Gasteiger partial charge in [0.2, 0.25) is 11.9 Å². The molecular weight excluding hydrogens is 246 g/mol. The SMILES string of the molecule is CCc1nnc(NCC(=O)NCCOC)nc1CC. The Kier molecular flexibility index (Phi) is 6.73. The zero-order valence-electron chi connectivity index (χ0n) is 11.7. The lowest BCUT2D eigenvalue weighted by molar-refractivity contribution is -0.119. The van der Waals surface area contributed by atoms with Gasteiger partial charge in [0, 0.05) is 13.7 Å². The number of methoxy groups -OCH3 is 1. The first-order chi connectivity index (χ1) is 9.21. The fourth-order valence-electron chi connectivity index (χ4n) is 1.53. The van der Waals surface area contributed by atoms with Crippen molar-refractivity contribution in [3.05, 3.63) is 11.4 Å². The van der Waals surface area contributed by atoms with Gasteiger partial charge in [-0.05, 0) is 12.8 Å². The standard InChI is InChI=1S/C12H21N5O2/c1-4-9-10(5-2)16-17-12(15-9)14-8-11(18)13-6-7-19-3/h4-8H2,1-3H3,(H,13,18)(H,14,15,17). The Morgan fingerprint density at radius 3 is 2.58 bits per heavy atom. The van der Waals surface area contributed by atoms with E-state index in [1.165, 1.54) is 0 Å². The van der Waals surface area contributed by atoms with Crippen molar-refractivity contribution in [1.82, 2.24) is 20.5 Å². The summed E-state index contributed by atoms with van der Waals surface area (Å²) in [4.78, 5) is 15.8. The largest absolute Gasteiger partial charge is 0.383 e. The Morgan fingerprint density at radius 1 is 1.21 bits per heavy atom. The molecule has 7 nitrogen and oxygen atoms in total. The van der Waals surface area contributed by atoms with Gasteiger partial charge in [-0.25, -0.2) is 4.98 Å². The summed E-state index contributed by atoms with van der Waals surface area (Å²) in [6.45, 7) is 5.14. The molecule has 1 aromatic heterocycles. The van der Waals surface area contributed by atoms with Crippen LogP contribution in [0.25, 0.3) is 0 Å². The van der Waals surface area contributed by atoms with E-state index in [-0.39, 0.29) is 12.5 Å². The van der Waals surface area contributed by atoms with Gasteiger partial charge in [0.1, 0.15) is 0 Å². The van der Waals surface area contributed by atoms with Crippen molar-refractivity contribution in [1.29, 1.82) is 0 Å². The molecule has 1 rings (SSSR count). The minimum Gasteiger partial charge on any atom is -0.383 e. The molecule has 0 spiro atoms. The summed E-state index contributed by atoms with van der Waals surface area (Å²) in [7, 11) is 1.59. The third-order valence-electron chi connectivity index (χ3n) is 2.54. The molecule has 0 saturated carbocycles. The van der Waals surface area contributed by atoms with Gasteiger partial charge in [-0.15, -0.1) is 5.10 Å². The van der Waals surface area contributed by atoms with E-state index < -0.39 is 0 Å². The molecule has 0 unspecified atom stereocenters. The van der Waals surface area contributed by atoms with Crippen molar-refractivity contribution in [2.75, 3.05) is 32.1 Å². The van der Waals surface area contributed by atoms with Crippen LogP contribution in [0.4, 0.5) is 5.95 Å². The second kappa shape index (κ2) is 8.36. The number of rotatable bonds is 8. The predicted octanol–water partition coefficient (Wildman–Crippen LogP) is 0.171. The molecule has 0 aliphatic carbocycles. The van der Waals surface area contributed by atoms with Crippen LogP contribution in [0.1, 0.15) is 25.2 Å². The molecular formula is C12H21N5O2. The number of hydrogen-bond acceptors (Lipinski definition) is 6. The molecule has 106 valence electrons. The monoisotopic (exact) mass is 267 g/mol. The molecule has 0 saturated heterocycles. The van der Waals surface area contributed by atoms with Crippen molar-refractivity contribution in [3.63, 3.8) is 0 Å². The van der Waals surface area contributed by atoms with Crippen molar-refractivity contribution in [2.24, 2.45) is 0 Å². The number of carbonyl (C=O) groups excluding carboxylic acids is 1. The molecule has 1 heterocycles. The number of aryl methyl sites for hydroxylation is 2. The summed E-state index contributed by atoms with van der Waals surface area (Å²) in [6.07, 6.45) is 1.61. The Labute approximate surface area is 113 Å². The number of nitrogens with zero attached hydrogens (tertiary/aromatic N) is 3. The molecule has 0 radical (unpaired) electrons. The van der Waals surface area contributed by atoms with Crippen LogP contribution in [0, 0.1) is 0 Å². The van der Waals surface area contributed by atoms with Crippen LogP contribution in [0.2, 0.25) is 0 Å². The smallest absolute Gasteiger partial charge is 0.243 e. The predicted molar refractivity (Wildman–Crippen MR) is 72.0 cm³/mol. The average Bonchev–Trinajstić information content (AvgIpc) is 2.45. The molecule has 1 aromatic rings. The van der Waals surface area contributed by atoms with Crippen molar-refractivity contribution < 1.29 is 9.53 Å². The fraction of sp³-hybridized carbons (Fsp3) is 0.667. The summed E-state index contributed by atoms with van der Waals surface area (Å²) in [5, 5.41) is 13.6. The molecule has 0 aromatic carbocycles. The Bertz CT molecular complexity index is 411. The summed E-state index contributed by atoms with van der Waals surface area (Å²) in [5.41, 5.74) is 1.82. The van der Waals surface area contributed by atoms with Gasteiger partial charge >= 0.3 is 0 Å². The van der Waals surface area contributed by atoms with E-state index in [1.54, 1.807) is 7.11 Å². The molecule has 0 fully saturated rings. The van der Waals surface area contributed by atoms with Crippen molar-refractivity contribution in [3.8, 4) is 0 Å². The highest BCUT2D eigenvalue weighted by Crippen LogP contribution is 2.06. The third-order valence-corrected chi connectivity index (χ3v) is 2.54. The first kappa shape index (κ1) is 15.3. The highest BCUT2D eigenvalue weighted by atomic mass is 16.5. The van der Waals surface area contributed by atoms with E-state index in [1.807, 2.05) is 13.8 Å². The van der Waals surface area contributed by atoms with Crippen molar-refractivity contribution >= 4 is 11.9 Å². The number of carbonyl (C=O) groups is 1. The molecule has 0 aliphatic heterocycles. The van der Waals surface area contributed by atoms with E-state index in [4.69, 9.17) is 4.74 Å². The van der Waals surface area contributed by atoms with Crippen LogP contribution in [-0.2, 0) is 22.4 Å². The second-order valence-electron chi connectivity index (χ2n) is 3.93. The highest BCUT2D eigenvalue weighted by molar-refractivity contribution is 5.80. The van der Waals surface area contributed by atoms with Gasteiger partial charge in [-0.1, -0.05) is 13.8 Å². The average molecular weight is 267 g/mol. The van der Waals surface area contributed by atoms with Crippen LogP contribution in [0.5, 0.6) is 0 Å². The maximum Gasteiger partial charge on any atom is 0.243 e. The number of nitrogens with one attached hydrogen (secondary N) is 2. The summed E-state index contributed by atoms with van der Waals surface area (Å²) < 4.78 is 4.84. The Balaban J connectivity index is 2.47. The summed E-state index contributed by atoms with van der Waals surface area (Å²) >= 11 is 0. The maximum atomic E-state index is 11.5. The first-order valence-corrected chi connectivity index (χ1v) is 6.43. The van der Waals surface area contributed by atoms with E-state index in [0.717, 1.165) is 24.2 Å². The molecule has 19 heavy (non-hydrogen) atoms. The number of anilines is 1. The molecule has 1 amide bonds. The number of aromatic nitrogens is 3. The molecule has 0 aliphatic rings. The topological polar surface area (TPSA) is 89.0 Å². The second-order valence-corrected chi connectivity index (χ2v) is 3.93. The van der Waals surface area contributed by atoms with Crippen LogP contribution >= 0.6 is 0 Å². The fourth-order valence-corrected chi connectivity index (χ4v) is 1.53. The normalized spacial score (nSPS) is 10.3. The van der Waals surface area contributed by atoms with Gasteiger partial charge in [0.05, 0.1) is 24.5 Å². The lowest BCUT2D eigenvalue weighted by Crippen LogP contribution is -2.32. The highest BCUT2D eigenvalue weighted by Gasteiger charge is 2.07. The third kappa shape index (κ3) is 5.17. The zero-order valence-corrected chi connectivity index (χ0v) is 11.7. The van der Waals surface area contributed by atoms with E-state index in [2.05, 4.69) is 25.8 Å². The quantitative estimate of drug-likeness (QED) is 0.653. The van der Waals surface area contributed by atoms with Crippen molar-refractivity contribution in [2.45, 2.75) is 26.7 Å². The van der Waals surface area contributed by atoms with Gasteiger partial charge in [0.15, 0.2) is 0 Å². The van der Waals surface area contributed by atoms with Gasteiger partial charge in [0.25, 0.3) is 0 Å². The number of hydrogen-bond donors (Lipinski definition) is 2. The molecule has 7 heteroatoms. The van der Waals surface area contributed by atoms with Gasteiger partial charge in [-0.3, -0.25) is 4.79 Å².